The van der Waals surface area contributed by atoms with Gasteiger partial charge in [-0.3, -0.25) is 0 Å². The average molecular weight is 366 g/mol. The molecule has 3 N–H and O–H groups in total. The minimum atomic E-state index is -0.305. The van der Waals surface area contributed by atoms with E-state index in [0.29, 0.717) is 13.1 Å². The summed E-state index contributed by atoms with van der Waals surface area (Å²) in [6.45, 7) is 2.83. The van der Waals surface area contributed by atoms with Crippen LogP contribution in [0, 0.1) is 11.7 Å². The van der Waals surface area contributed by atoms with Gasteiger partial charge in [0.1, 0.15) is 5.82 Å². The van der Waals surface area contributed by atoms with Gasteiger partial charge in [-0.15, -0.1) is 0 Å². The van der Waals surface area contributed by atoms with E-state index in [2.05, 4.69) is 10.6 Å². The van der Waals surface area contributed by atoms with E-state index in [1.165, 1.54) is 12.1 Å². The number of halogens is 1. The molecule has 5 nitrogen and oxygen atoms in total. The van der Waals surface area contributed by atoms with Gasteiger partial charge >= 0.3 is 0 Å². The molecule has 0 aliphatic carbocycles. The van der Waals surface area contributed by atoms with Crippen LogP contribution in [0.4, 0.5) is 4.39 Å². The molecule has 140 valence electrons. The number of aromatic nitrogens is 2. The smallest absolute Gasteiger partial charge is 0.123 e. The van der Waals surface area contributed by atoms with E-state index in [4.69, 9.17) is 5.10 Å². The molecule has 1 aliphatic rings. The van der Waals surface area contributed by atoms with Crippen LogP contribution in [0.2, 0.25) is 0 Å². The minimum absolute atomic E-state index is 0.212. The van der Waals surface area contributed by atoms with E-state index < -0.39 is 0 Å². The molecule has 3 aromatic rings. The highest BCUT2D eigenvalue weighted by Gasteiger charge is 2.24. The standard InChI is InChI=1S/C21H23FN4O/c22-18-8-6-15(7-9-18)21-17(12-23-10-16-11-24-13-20(16)27)14-26(25-21)19-4-2-1-3-5-19/h1-9,14,16,20,23-24,27H,10-13H2. The number of aliphatic hydroxyl groups is 1. The number of hydrogen-bond acceptors (Lipinski definition) is 4. The van der Waals surface area contributed by atoms with Gasteiger partial charge in [-0.25, -0.2) is 9.07 Å². The fourth-order valence-corrected chi connectivity index (χ4v) is 3.42. The molecule has 1 aliphatic heterocycles. The third-order valence-corrected chi connectivity index (χ3v) is 4.95. The minimum Gasteiger partial charge on any atom is -0.391 e. The second-order valence-electron chi connectivity index (χ2n) is 6.91. The quantitative estimate of drug-likeness (QED) is 0.627. The zero-order valence-corrected chi connectivity index (χ0v) is 15.0. The Morgan fingerprint density at radius 3 is 2.59 bits per heavy atom. The van der Waals surface area contributed by atoms with Crippen LogP contribution in [0.15, 0.2) is 60.8 Å². The third-order valence-electron chi connectivity index (χ3n) is 4.95. The molecule has 2 aromatic carbocycles. The van der Waals surface area contributed by atoms with E-state index in [0.717, 1.165) is 35.6 Å². The Morgan fingerprint density at radius 2 is 1.89 bits per heavy atom. The van der Waals surface area contributed by atoms with Gasteiger partial charge in [0.2, 0.25) is 0 Å². The van der Waals surface area contributed by atoms with Crippen LogP contribution in [0.1, 0.15) is 5.56 Å². The van der Waals surface area contributed by atoms with Gasteiger partial charge in [0, 0.05) is 49.4 Å². The Balaban J connectivity index is 1.58. The van der Waals surface area contributed by atoms with Crippen molar-refractivity contribution in [2.24, 2.45) is 5.92 Å². The monoisotopic (exact) mass is 366 g/mol. The van der Waals surface area contributed by atoms with Crippen LogP contribution >= 0.6 is 0 Å². The number of nitrogens with one attached hydrogen (secondary N) is 2. The van der Waals surface area contributed by atoms with Crippen molar-refractivity contribution in [2.45, 2.75) is 12.6 Å². The highest BCUT2D eigenvalue weighted by atomic mass is 19.1. The highest BCUT2D eigenvalue weighted by molar-refractivity contribution is 5.63. The Labute approximate surface area is 157 Å². The number of para-hydroxylation sites is 1. The summed E-state index contributed by atoms with van der Waals surface area (Å²) in [5.41, 5.74) is 3.72. The summed E-state index contributed by atoms with van der Waals surface area (Å²) >= 11 is 0. The van der Waals surface area contributed by atoms with E-state index >= 15 is 0 Å². The van der Waals surface area contributed by atoms with Crippen LogP contribution in [0.5, 0.6) is 0 Å². The molecule has 4 rings (SSSR count). The molecule has 2 heterocycles. The zero-order valence-electron chi connectivity index (χ0n) is 15.0. The van der Waals surface area contributed by atoms with Gasteiger partial charge in [-0.1, -0.05) is 18.2 Å². The predicted molar refractivity (Wildman–Crippen MR) is 103 cm³/mol. The van der Waals surface area contributed by atoms with Crippen molar-refractivity contribution in [3.8, 4) is 16.9 Å². The first-order chi connectivity index (χ1) is 13.2. The maximum absolute atomic E-state index is 13.3. The Hall–Kier alpha value is -2.54. The molecule has 2 atom stereocenters. The fourth-order valence-electron chi connectivity index (χ4n) is 3.42. The SMILES string of the molecule is OC1CNCC1CNCc1cn(-c2ccccc2)nc1-c1ccc(F)cc1. The maximum atomic E-state index is 13.3. The number of rotatable bonds is 6. The third kappa shape index (κ3) is 4.08. The lowest BCUT2D eigenvalue weighted by molar-refractivity contribution is 0.146. The topological polar surface area (TPSA) is 62.1 Å². The summed E-state index contributed by atoms with van der Waals surface area (Å²) in [7, 11) is 0. The van der Waals surface area contributed by atoms with Gasteiger partial charge in [-0.2, -0.15) is 5.10 Å². The van der Waals surface area contributed by atoms with Crippen molar-refractivity contribution in [3.05, 3.63) is 72.2 Å². The predicted octanol–water partition coefficient (Wildman–Crippen LogP) is 2.35. The zero-order chi connectivity index (χ0) is 18.6. The summed E-state index contributed by atoms with van der Waals surface area (Å²) in [6, 6.07) is 16.3. The van der Waals surface area contributed by atoms with Crippen molar-refractivity contribution in [3.63, 3.8) is 0 Å². The summed E-state index contributed by atoms with van der Waals surface area (Å²) in [6.07, 6.45) is 1.70. The molecule has 27 heavy (non-hydrogen) atoms. The number of aliphatic hydroxyl groups excluding tert-OH is 1. The summed E-state index contributed by atoms with van der Waals surface area (Å²) in [5, 5.41) is 21.3. The highest BCUT2D eigenvalue weighted by Crippen LogP contribution is 2.24. The molecule has 1 fully saturated rings. The fraction of sp³-hybridized carbons (Fsp3) is 0.286. The molecule has 0 bridgehead atoms. The largest absolute Gasteiger partial charge is 0.391 e. The lowest BCUT2D eigenvalue weighted by Crippen LogP contribution is -2.30. The average Bonchev–Trinajstić information content (AvgIpc) is 3.30. The number of hydrogen-bond donors (Lipinski definition) is 3. The molecule has 0 amide bonds. The van der Waals surface area contributed by atoms with Gasteiger partial charge in [-0.05, 0) is 36.4 Å². The van der Waals surface area contributed by atoms with E-state index in [-0.39, 0.29) is 17.8 Å². The molecule has 0 saturated carbocycles. The van der Waals surface area contributed by atoms with Crippen molar-refractivity contribution in [2.75, 3.05) is 19.6 Å². The van der Waals surface area contributed by atoms with Crippen LogP contribution in [0.25, 0.3) is 16.9 Å². The first-order valence-corrected chi connectivity index (χ1v) is 9.20. The van der Waals surface area contributed by atoms with E-state index in [1.54, 1.807) is 12.1 Å². The maximum Gasteiger partial charge on any atom is 0.123 e. The first-order valence-electron chi connectivity index (χ1n) is 9.20. The summed E-state index contributed by atoms with van der Waals surface area (Å²) < 4.78 is 15.2. The normalized spacial score (nSPS) is 19.5. The molecule has 1 saturated heterocycles. The van der Waals surface area contributed by atoms with Gasteiger partial charge < -0.3 is 15.7 Å². The van der Waals surface area contributed by atoms with Crippen molar-refractivity contribution < 1.29 is 9.50 Å². The summed E-state index contributed by atoms with van der Waals surface area (Å²) in [4.78, 5) is 0. The van der Waals surface area contributed by atoms with Gasteiger partial charge in [0.25, 0.3) is 0 Å². The van der Waals surface area contributed by atoms with Crippen molar-refractivity contribution >= 4 is 0 Å². The van der Waals surface area contributed by atoms with Crippen molar-refractivity contribution in [1.82, 2.24) is 20.4 Å². The lowest BCUT2D eigenvalue weighted by atomic mass is 10.1. The molecule has 0 radical (unpaired) electrons. The molecule has 2 unspecified atom stereocenters. The number of β-amino-alcohol motifs (C(OH)–C–C–N with tert-alkyl or cyclic N) is 1. The molecule has 6 heteroatoms. The second-order valence-corrected chi connectivity index (χ2v) is 6.91. The molecule has 1 aromatic heterocycles. The van der Waals surface area contributed by atoms with Crippen molar-refractivity contribution in [1.29, 1.82) is 0 Å². The second kappa shape index (κ2) is 8.00. The number of benzene rings is 2. The first kappa shape index (κ1) is 17.9. The Morgan fingerprint density at radius 1 is 1.11 bits per heavy atom. The molecular weight excluding hydrogens is 343 g/mol. The number of nitrogens with zero attached hydrogens (tertiary/aromatic N) is 2. The van der Waals surface area contributed by atoms with Crippen LogP contribution in [-0.4, -0.2) is 40.6 Å². The molecule has 0 spiro atoms. The Bertz CT molecular complexity index is 879. The van der Waals surface area contributed by atoms with E-state index in [9.17, 15) is 9.50 Å². The van der Waals surface area contributed by atoms with Crippen LogP contribution in [-0.2, 0) is 6.54 Å². The molecular formula is C21H23FN4O. The van der Waals surface area contributed by atoms with E-state index in [1.807, 2.05) is 41.2 Å². The Kier molecular flexibility index (Phi) is 5.29. The van der Waals surface area contributed by atoms with Crippen LogP contribution < -0.4 is 10.6 Å². The van der Waals surface area contributed by atoms with Crippen LogP contribution in [0.3, 0.4) is 0 Å². The lowest BCUT2D eigenvalue weighted by Gasteiger charge is -2.14. The summed E-state index contributed by atoms with van der Waals surface area (Å²) in [5.74, 6) is -0.0490. The van der Waals surface area contributed by atoms with Gasteiger partial charge in [0.05, 0.1) is 17.5 Å². The van der Waals surface area contributed by atoms with Gasteiger partial charge in [0.15, 0.2) is 0 Å².